The van der Waals surface area contributed by atoms with Gasteiger partial charge in [-0.1, -0.05) is 77.8 Å². The van der Waals surface area contributed by atoms with Crippen LogP contribution in [0.25, 0.3) is 11.1 Å². The van der Waals surface area contributed by atoms with Crippen LogP contribution in [0.2, 0.25) is 10.0 Å². The van der Waals surface area contributed by atoms with Gasteiger partial charge in [0, 0.05) is 19.0 Å². The van der Waals surface area contributed by atoms with Crippen molar-refractivity contribution in [3.05, 3.63) is 93.5 Å². The van der Waals surface area contributed by atoms with E-state index in [4.69, 9.17) is 27.9 Å². The van der Waals surface area contributed by atoms with Crippen molar-refractivity contribution < 1.29 is 19.4 Å². The van der Waals surface area contributed by atoms with E-state index in [0.29, 0.717) is 10.0 Å². The van der Waals surface area contributed by atoms with Gasteiger partial charge >= 0.3 is 6.09 Å². The molecule has 2 N–H and O–H groups in total. The maximum absolute atomic E-state index is 13.4. The van der Waals surface area contributed by atoms with Gasteiger partial charge in [0.1, 0.15) is 6.04 Å². The third-order valence-electron chi connectivity index (χ3n) is 6.39. The van der Waals surface area contributed by atoms with E-state index in [1.165, 1.54) is 4.90 Å². The van der Waals surface area contributed by atoms with Crippen LogP contribution >= 0.6 is 23.2 Å². The number of nitrogens with one attached hydrogen (secondary N) is 1. The van der Waals surface area contributed by atoms with Gasteiger partial charge in [0.2, 0.25) is 5.91 Å². The fourth-order valence-electron chi connectivity index (χ4n) is 4.58. The Bertz CT molecular complexity index is 1260. The predicted molar refractivity (Wildman–Crippen MR) is 146 cm³/mol. The number of carboxylic acid groups (broad SMARTS) is 1. The number of halogens is 2. The highest BCUT2D eigenvalue weighted by atomic mass is 35.5. The van der Waals surface area contributed by atoms with Gasteiger partial charge in [-0.25, -0.2) is 4.79 Å². The molecule has 0 spiro atoms. The van der Waals surface area contributed by atoms with E-state index in [-0.39, 0.29) is 25.6 Å². The zero-order chi connectivity index (χ0) is 26.7. The number of nitrogens with zero attached hydrogens (tertiary/aromatic N) is 1. The maximum atomic E-state index is 13.4. The van der Waals surface area contributed by atoms with Crippen molar-refractivity contribution >= 4 is 35.2 Å². The minimum absolute atomic E-state index is 0.0843. The molecule has 1 aliphatic rings. The average Bonchev–Trinajstić information content (AvgIpc) is 3.17. The monoisotopic (exact) mass is 540 g/mol. The van der Waals surface area contributed by atoms with Crippen LogP contribution in [0.15, 0.2) is 66.7 Å². The fourth-order valence-corrected chi connectivity index (χ4v) is 4.91. The lowest BCUT2D eigenvalue weighted by molar-refractivity contribution is -0.130. The summed E-state index contributed by atoms with van der Waals surface area (Å²) in [6.45, 7) is 5.80. The van der Waals surface area contributed by atoms with Gasteiger partial charge < -0.3 is 15.2 Å². The number of benzene rings is 3. The lowest BCUT2D eigenvalue weighted by atomic mass is 9.95. The molecule has 1 unspecified atom stereocenters. The molecule has 3 aromatic carbocycles. The average molecular weight is 541 g/mol. The van der Waals surface area contributed by atoms with Gasteiger partial charge in [0.25, 0.3) is 0 Å². The smallest absolute Gasteiger partial charge is 0.408 e. The van der Waals surface area contributed by atoms with Crippen molar-refractivity contribution in [2.24, 2.45) is 0 Å². The number of carbonyl (C=O) groups excluding carboxylic acids is 1. The van der Waals surface area contributed by atoms with Crippen molar-refractivity contribution in [2.45, 2.75) is 44.9 Å². The number of ether oxygens (including phenoxy) is 1. The first-order valence-electron chi connectivity index (χ1n) is 12.1. The Labute approximate surface area is 227 Å². The molecule has 194 valence electrons. The Balaban J connectivity index is 1.61. The predicted octanol–water partition coefficient (Wildman–Crippen LogP) is 6.59. The molecule has 37 heavy (non-hydrogen) atoms. The molecule has 0 heterocycles. The van der Waals surface area contributed by atoms with Crippen LogP contribution in [0.1, 0.15) is 43.4 Å². The highest BCUT2D eigenvalue weighted by molar-refractivity contribution is 6.42. The van der Waals surface area contributed by atoms with E-state index >= 15 is 0 Å². The zero-order valence-electron chi connectivity index (χ0n) is 21.0. The summed E-state index contributed by atoms with van der Waals surface area (Å²) in [5.74, 6) is -0.652. The SMILES string of the molecule is CC(C)(C)OCC(C(=O)NCc1ccc(Cl)c(Cl)c1)N(CC1c2ccccc2-c2ccccc21)C(=O)O. The number of fused-ring (bicyclic) bond motifs is 3. The molecule has 4 rings (SSSR count). The van der Waals surface area contributed by atoms with Crippen molar-refractivity contribution in [3.63, 3.8) is 0 Å². The Morgan fingerprint density at radius 3 is 2.11 bits per heavy atom. The highest BCUT2D eigenvalue weighted by Crippen LogP contribution is 2.45. The molecule has 2 amide bonds. The summed E-state index contributed by atoms with van der Waals surface area (Å²) in [5, 5.41) is 13.9. The topological polar surface area (TPSA) is 78.9 Å². The molecular weight excluding hydrogens is 511 g/mol. The first-order valence-corrected chi connectivity index (χ1v) is 12.8. The third kappa shape index (κ3) is 6.27. The van der Waals surface area contributed by atoms with E-state index < -0.39 is 23.6 Å². The molecule has 0 fully saturated rings. The Kier molecular flexibility index (Phi) is 8.12. The summed E-state index contributed by atoms with van der Waals surface area (Å²) in [5.41, 5.74) is 4.45. The molecule has 1 aliphatic carbocycles. The first-order chi connectivity index (χ1) is 17.5. The quantitative estimate of drug-likeness (QED) is 0.338. The molecular formula is C29H30Cl2N2O4. The Hall–Kier alpha value is -3.06. The van der Waals surface area contributed by atoms with Crippen molar-refractivity contribution in [2.75, 3.05) is 13.2 Å². The summed E-state index contributed by atoms with van der Waals surface area (Å²) in [6.07, 6.45) is -1.19. The van der Waals surface area contributed by atoms with Gasteiger partial charge in [-0.05, 0) is 60.7 Å². The molecule has 6 nitrogen and oxygen atoms in total. The molecule has 0 saturated heterocycles. The van der Waals surface area contributed by atoms with Gasteiger partial charge in [-0.2, -0.15) is 0 Å². The molecule has 0 aromatic heterocycles. The second-order valence-corrected chi connectivity index (χ2v) is 10.9. The molecule has 0 bridgehead atoms. The molecule has 0 radical (unpaired) electrons. The molecule has 3 aromatic rings. The molecule has 0 aliphatic heterocycles. The highest BCUT2D eigenvalue weighted by Gasteiger charge is 2.37. The summed E-state index contributed by atoms with van der Waals surface area (Å²) < 4.78 is 5.93. The van der Waals surface area contributed by atoms with Gasteiger partial charge in [0.15, 0.2) is 0 Å². The van der Waals surface area contributed by atoms with E-state index in [1.54, 1.807) is 18.2 Å². The van der Waals surface area contributed by atoms with Crippen LogP contribution in [0.4, 0.5) is 4.79 Å². The molecule has 8 heteroatoms. The summed E-state index contributed by atoms with van der Waals surface area (Å²) in [7, 11) is 0. The van der Waals surface area contributed by atoms with Gasteiger partial charge in [-0.15, -0.1) is 0 Å². The van der Waals surface area contributed by atoms with Crippen LogP contribution in [-0.2, 0) is 16.1 Å². The number of hydrogen-bond acceptors (Lipinski definition) is 3. The van der Waals surface area contributed by atoms with Gasteiger partial charge in [0.05, 0.1) is 22.3 Å². The third-order valence-corrected chi connectivity index (χ3v) is 7.13. The van der Waals surface area contributed by atoms with E-state index in [2.05, 4.69) is 5.32 Å². The van der Waals surface area contributed by atoms with Crippen molar-refractivity contribution in [1.29, 1.82) is 0 Å². The Morgan fingerprint density at radius 1 is 0.973 bits per heavy atom. The number of amides is 2. The number of rotatable bonds is 8. The second kappa shape index (κ2) is 11.1. The van der Waals surface area contributed by atoms with Gasteiger partial charge in [-0.3, -0.25) is 9.69 Å². The maximum Gasteiger partial charge on any atom is 0.408 e. The van der Waals surface area contributed by atoms with Crippen LogP contribution in [0.3, 0.4) is 0 Å². The normalized spacial score (nSPS) is 13.5. The fraction of sp³-hybridized carbons (Fsp3) is 0.310. The van der Waals surface area contributed by atoms with E-state index in [1.807, 2.05) is 69.3 Å². The first kappa shape index (κ1) is 27.0. The Morgan fingerprint density at radius 2 is 1.57 bits per heavy atom. The molecule has 0 saturated carbocycles. The zero-order valence-corrected chi connectivity index (χ0v) is 22.5. The summed E-state index contributed by atoms with van der Waals surface area (Å²) in [6, 6.07) is 20.0. The second-order valence-electron chi connectivity index (χ2n) is 10.1. The standard InChI is InChI=1S/C29H30Cl2N2O4/c1-29(2,3)37-17-26(27(34)32-15-18-12-13-24(30)25(31)14-18)33(28(35)36)16-23-21-10-6-4-8-19(21)20-9-5-7-11-22(20)23/h4-14,23,26H,15-17H2,1-3H3,(H,32,34)(H,35,36). The minimum atomic E-state index is -1.19. The number of hydrogen-bond donors (Lipinski definition) is 2. The lowest BCUT2D eigenvalue weighted by Gasteiger charge is -2.33. The van der Waals surface area contributed by atoms with Crippen LogP contribution in [0, 0.1) is 0 Å². The minimum Gasteiger partial charge on any atom is -0.465 e. The van der Waals surface area contributed by atoms with Crippen molar-refractivity contribution in [1.82, 2.24) is 10.2 Å². The van der Waals surface area contributed by atoms with Crippen LogP contribution in [-0.4, -0.2) is 46.8 Å². The summed E-state index contributed by atoms with van der Waals surface area (Å²) >= 11 is 12.1. The largest absolute Gasteiger partial charge is 0.465 e. The van der Waals surface area contributed by atoms with E-state index in [0.717, 1.165) is 27.8 Å². The number of carbonyl (C=O) groups is 2. The van der Waals surface area contributed by atoms with Crippen LogP contribution < -0.4 is 5.32 Å². The summed E-state index contributed by atoms with van der Waals surface area (Å²) in [4.78, 5) is 27.2. The lowest BCUT2D eigenvalue weighted by Crippen LogP contribution is -2.53. The van der Waals surface area contributed by atoms with Crippen LogP contribution in [0.5, 0.6) is 0 Å². The van der Waals surface area contributed by atoms with Crippen molar-refractivity contribution in [3.8, 4) is 11.1 Å². The van der Waals surface area contributed by atoms with E-state index in [9.17, 15) is 14.7 Å². The molecule has 1 atom stereocenters.